The second kappa shape index (κ2) is 6.26. The summed E-state index contributed by atoms with van der Waals surface area (Å²) < 4.78 is 37.0. The van der Waals surface area contributed by atoms with Gasteiger partial charge in [0.25, 0.3) is 0 Å². The van der Waals surface area contributed by atoms with E-state index in [1.807, 2.05) is 0 Å². The van der Waals surface area contributed by atoms with Gasteiger partial charge in [0.1, 0.15) is 5.75 Å². The second-order valence-corrected chi connectivity index (χ2v) is 4.97. The highest BCUT2D eigenvalue weighted by molar-refractivity contribution is 9.11. The third-order valence-electron chi connectivity index (χ3n) is 1.92. The first-order valence-corrected chi connectivity index (χ1v) is 5.79. The van der Waals surface area contributed by atoms with Gasteiger partial charge in [0.2, 0.25) is 0 Å². The zero-order chi connectivity index (χ0) is 12.5. The molecule has 0 heterocycles. The van der Waals surface area contributed by atoms with Gasteiger partial charge in [-0.15, -0.1) is 12.4 Å². The van der Waals surface area contributed by atoms with Crippen molar-refractivity contribution >= 4 is 44.3 Å². The summed E-state index contributed by atoms with van der Waals surface area (Å²) in [5, 5.41) is 9.39. The number of hydrogen-bond acceptors (Lipinski definition) is 2. The molecule has 0 aliphatic rings. The van der Waals surface area contributed by atoms with Crippen molar-refractivity contribution in [1.29, 1.82) is 0 Å². The van der Waals surface area contributed by atoms with Gasteiger partial charge in [-0.25, -0.2) is 0 Å². The molecule has 0 spiro atoms. The fourth-order valence-electron chi connectivity index (χ4n) is 1.17. The van der Waals surface area contributed by atoms with Crippen LogP contribution in [0.1, 0.15) is 18.0 Å². The summed E-state index contributed by atoms with van der Waals surface area (Å²) in [7, 11) is 0. The van der Waals surface area contributed by atoms with Gasteiger partial charge in [0.15, 0.2) is 0 Å². The molecule has 0 amide bonds. The molecule has 0 bridgehead atoms. The van der Waals surface area contributed by atoms with Gasteiger partial charge in [-0.2, -0.15) is 13.2 Å². The Hall–Kier alpha value is 0.0200. The summed E-state index contributed by atoms with van der Waals surface area (Å²) in [6.45, 7) is 0. The minimum Gasteiger partial charge on any atom is -0.506 e. The molecule has 0 aliphatic heterocycles. The number of alkyl halides is 3. The van der Waals surface area contributed by atoms with Crippen LogP contribution in [-0.2, 0) is 0 Å². The van der Waals surface area contributed by atoms with Gasteiger partial charge in [-0.3, -0.25) is 0 Å². The molecule has 1 aromatic carbocycles. The Balaban J connectivity index is 0.00000256. The molecule has 8 heteroatoms. The number of phenols is 1. The Labute approximate surface area is 119 Å². The van der Waals surface area contributed by atoms with E-state index < -0.39 is 18.6 Å². The van der Waals surface area contributed by atoms with Crippen LogP contribution in [0.5, 0.6) is 5.75 Å². The van der Waals surface area contributed by atoms with Crippen LogP contribution in [0.2, 0.25) is 0 Å². The van der Waals surface area contributed by atoms with Crippen molar-refractivity contribution in [2.75, 3.05) is 0 Å². The van der Waals surface area contributed by atoms with Gasteiger partial charge >= 0.3 is 6.18 Å². The lowest BCUT2D eigenvalue weighted by Gasteiger charge is -2.15. The van der Waals surface area contributed by atoms with E-state index in [1.54, 1.807) is 0 Å². The lowest BCUT2D eigenvalue weighted by molar-refractivity contribution is -0.138. The average Bonchev–Trinajstić information content (AvgIpc) is 2.10. The predicted octanol–water partition coefficient (Wildman–Crippen LogP) is 4.29. The summed E-state index contributed by atoms with van der Waals surface area (Å²) in [5.41, 5.74) is 5.73. The largest absolute Gasteiger partial charge is 0.506 e. The first-order valence-electron chi connectivity index (χ1n) is 4.21. The summed E-state index contributed by atoms with van der Waals surface area (Å²) in [6.07, 6.45) is -5.41. The fourth-order valence-corrected chi connectivity index (χ4v) is 2.39. The predicted molar refractivity (Wildman–Crippen MR) is 68.4 cm³/mol. The van der Waals surface area contributed by atoms with E-state index in [4.69, 9.17) is 5.73 Å². The molecule has 1 aromatic rings. The Kier molecular flexibility index (Phi) is 6.27. The zero-order valence-electron chi connectivity index (χ0n) is 8.26. The number of phenolic OH excluding ortho intramolecular Hbond substituents is 1. The van der Waals surface area contributed by atoms with Gasteiger partial charge in [0.05, 0.1) is 15.4 Å². The third kappa shape index (κ3) is 5.03. The molecular weight excluding hydrogens is 390 g/mol. The van der Waals surface area contributed by atoms with Crippen LogP contribution in [-0.4, -0.2) is 11.3 Å². The van der Waals surface area contributed by atoms with Gasteiger partial charge in [-0.1, -0.05) is 0 Å². The first kappa shape index (κ1) is 17.0. The van der Waals surface area contributed by atoms with Crippen LogP contribution in [0.3, 0.4) is 0 Å². The highest BCUT2D eigenvalue weighted by atomic mass is 79.9. The molecule has 98 valence electrons. The van der Waals surface area contributed by atoms with Crippen LogP contribution >= 0.6 is 44.3 Å². The maximum absolute atomic E-state index is 12.1. The molecule has 0 fully saturated rings. The van der Waals surface area contributed by atoms with Crippen molar-refractivity contribution in [3.05, 3.63) is 26.6 Å². The van der Waals surface area contributed by atoms with Crippen LogP contribution in [0.4, 0.5) is 13.2 Å². The smallest absolute Gasteiger partial charge is 0.390 e. The third-order valence-corrected chi connectivity index (χ3v) is 3.13. The van der Waals surface area contributed by atoms with E-state index in [9.17, 15) is 18.3 Å². The van der Waals surface area contributed by atoms with E-state index in [2.05, 4.69) is 31.9 Å². The standard InChI is InChI=1S/C9H8Br2F3NO.ClH/c10-5-1-4(2-6(11)8(5)16)7(15)3-9(12,13)14;/h1-2,7,16H,3,15H2;1H/t7-;/m1./s1. The molecule has 3 N–H and O–H groups in total. The van der Waals surface area contributed by atoms with Crippen molar-refractivity contribution in [3.8, 4) is 5.75 Å². The topological polar surface area (TPSA) is 46.2 Å². The molecule has 17 heavy (non-hydrogen) atoms. The van der Waals surface area contributed by atoms with Crippen LogP contribution < -0.4 is 5.73 Å². The molecule has 2 nitrogen and oxygen atoms in total. The molecular formula is C9H9Br2ClF3NO. The lowest BCUT2D eigenvalue weighted by atomic mass is 10.0. The van der Waals surface area contributed by atoms with E-state index in [1.165, 1.54) is 12.1 Å². The van der Waals surface area contributed by atoms with Crippen LogP contribution in [0, 0.1) is 0 Å². The lowest BCUT2D eigenvalue weighted by Crippen LogP contribution is -2.20. The quantitative estimate of drug-likeness (QED) is 0.779. The molecule has 0 saturated carbocycles. The average molecular weight is 399 g/mol. The SMILES string of the molecule is Cl.N[C@H](CC(F)(F)F)c1cc(Br)c(O)c(Br)c1. The summed E-state index contributed by atoms with van der Waals surface area (Å²) in [4.78, 5) is 0. The zero-order valence-corrected chi connectivity index (χ0v) is 12.3. The van der Waals surface area contributed by atoms with E-state index in [0.29, 0.717) is 14.5 Å². The van der Waals surface area contributed by atoms with Crippen molar-refractivity contribution in [1.82, 2.24) is 0 Å². The molecule has 0 unspecified atom stereocenters. The Morgan fingerprint density at radius 2 is 1.65 bits per heavy atom. The van der Waals surface area contributed by atoms with E-state index in [-0.39, 0.29) is 18.2 Å². The molecule has 0 aromatic heterocycles. The number of halogens is 6. The van der Waals surface area contributed by atoms with E-state index in [0.717, 1.165) is 0 Å². The molecule has 1 rings (SSSR count). The van der Waals surface area contributed by atoms with Crippen molar-refractivity contribution in [3.63, 3.8) is 0 Å². The number of benzene rings is 1. The van der Waals surface area contributed by atoms with Gasteiger partial charge in [0, 0.05) is 6.04 Å². The summed E-state index contributed by atoms with van der Waals surface area (Å²) in [6, 6.07) is 1.60. The minimum absolute atomic E-state index is 0. The van der Waals surface area contributed by atoms with Crippen molar-refractivity contribution < 1.29 is 18.3 Å². The van der Waals surface area contributed by atoms with Gasteiger partial charge < -0.3 is 10.8 Å². The summed E-state index contributed by atoms with van der Waals surface area (Å²) >= 11 is 6.06. The number of nitrogens with two attached hydrogens (primary N) is 1. The van der Waals surface area contributed by atoms with Crippen LogP contribution in [0.15, 0.2) is 21.1 Å². The molecule has 0 radical (unpaired) electrons. The number of aromatic hydroxyl groups is 1. The minimum atomic E-state index is -4.31. The molecule has 1 atom stereocenters. The van der Waals surface area contributed by atoms with Gasteiger partial charge in [-0.05, 0) is 49.6 Å². The monoisotopic (exact) mass is 397 g/mol. The molecule has 0 aliphatic carbocycles. The number of rotatable bonds is 2. The normalized spacial score (nSPS) is 13.1. The maximum atomic E-state index is 12.1. The van der Waals surface area contributed by atoms with Crippen LogP contribution in [0.25, 0.3) is 0 Å². The Morgan fingerprint density at radius 1 is 1.24 bits per heavy atom. The highest BCUT2D eigenvalue weighted by Gasteiger charge is 2.31. The fraction of sp³-hybridized carbons (Fsp3) is 0.333. The Bertz CT molecular complexity index is 377. The summed E-state index contributed by atoms with van der Waals surface area (Å²) in [5.74, 6) is -0.0667. The van der Waals surface area contributed by atoms with E-state index >= 15 is 0 Å². The van der Waals surface area contributed by atoms with Crippen molar-refractivity contribution in [2.24, 2.45) is 5.73 Å². The first-order chi connectivity index (χ1) is 7.20. The maximum Gasteiger partial charge on any atom is 0.390 e. The van der Waals surface area contributed by atoms with Crippen molar-refractivity contribution in [2.45, 2.75) is 18.6 Å². The highest BCUT2D eigenvalue weighted by Crippen LogP contribution is 2.36. The number of hydrogen-bond donors (Lipinski definition) is 2. The molecule has 0 saturated heterocycles. The Morgan fingerprint density at radius 3 is 2.00 bits per heavy atom. The second-order valence-electron chi connectivity index (χ2n) is 3.26.